The highest BCUT2D eigenvalue weighted by Crippen LogP contribution is 2.21. The SMILES string of the molecule is [2H]c1cc([2H])c2ncccc2c1O. The quantitative estimate of drug-likeness (QED) is 0.617. The summed E-state index contributed by atoms with van der Waals surface area (Å²) in [7, 11) is 0. The number of phenols is 1. The molecule has 0 bridgehead atoms. The van der Waals surface area contributed by atoms with Gasteiger partial charge in [0.25, 0.3) is 0 Å². The Morgan fingerprint density at radius 2 is 2.27 bits per heavy atom. The molecular formula is C9H7NO. The van der Waals surface area contributed by atoms with E-state index in [0.717, 1.165) is 0 Å². The van der Waals surface area contributed by atoms with Crippen LogP contribution in [0.15, 0.2) is 36.5 Å². The number of rotatable bonds is 0. The molecule has 0 saturated carbocycles. The molecule has 0 saturated heterocycles. The highest BCUT2D eigenvalue weighted by Gasteiger charge is 1.95. The van der Waals surface area contributed by atoms with Crippen molar-refractivity contribution in [2.75, 3.05) is 0 Å². The first-order chi connectivity index (χ1) is 6.20. The molecule has 0 atom stereocenters. The van der Waals surface area contributed by atoms with Crippen molar-refractivity contribution in [2.45, 2.75) is 0 Å². The summed E-state index contributed by atoms with van der Waals surface area (Å²) in [5, 5.41) is 9.93. The topological polar surface area (TPSA) is 33.1 Å². The molecule has 1 heterocycles. The van der Waals surface area contributed by atoms with Crippen LogP contribution >= 0.6 is 0 Å². The van der Waals surface area contributed by atoms with Crippen molar-refractivity contribution in [1.29, 1.82) is 0 Å². The van der Waals surface area contributed by atoms with Crippen LogP contribution in [0.4, 0.5) is 0 Å². The molecule has 2 rings (SSSR count). The number of aromatic nitrogens is 1. The van der Waals surface area contributed by atoms with Gasteiger partial charge in [0.1, 0.15) is 5.75 Å². The summed E-state index contributed by atoms with van der Waals surface area (Å²) in [5.74, 6) is -0.112. The van der Waals surface area contributed by atoms with E-state index in [1.165, 1.54) is 6.07 Å². The second-order valence-electron chi connectivity index (χ2n) is 2.18. The van der Waals surface area contributed by atoms with Crippen LogP contribution in [0.25, 0.3) is 10.9 Å². The number of pyridine rings is 1. The van der Waals surface area contributed by atoms with E-state index in [4.69, 9.17) is 2.74 Å². The van der Waals surface area contributed by atoms with Crippen molar-refractivity contribution in [3.05, 3.63) is 36.5 Å². The third-order valence-electron chi connectivity index (χ3n) is 1.48. The van der Waals surface area contributed by atoms with Crippen LogP contribution in [-0.4, -0.2) is 10.1 Å². The Hall–Kier alpha value is -1.57. The highest BCUT2D eigenvalue weighted by atomic mass is 16.3. The fraction of sp³-hybridized carbons (Fsp3) is 0. The van der Waals surface area contributed by atoms with Crippen LogP contribution < -0.4 is 0 Å². The minimum atomic E-state index is -0.112. The minimum Gasteiger partial charge on any atom is -0.507 e. The van der Waals surface area contributed by atoms with Gasteiger partial charge in [-0.2, -0.15) is 0 Å². The Morgan fingerprint density at radius 3 is 3.18 bits per heavy atom. The average molecular weight is 147 g/mol. The maximum Gasteiger partial charge on any atom is 0.124 e. The van der Waals surface area contributed by atoms with E-state index < -0.39 is 0 Å². The molecule has 1 aromatic carbocycles. The fourth-order valence-electron chi connectivity index (χ4n) is 0.962. The van der Waals surface area contributed by atoms with Gasteiger partial charge >= 0.3 is 0 Å². The Balaban J connectivity index is 2.97. The van der Waals surface area contributed by atoms with Gasteiger partial charge in [0.05, 0.1) is 8.26 Å². The molecule has 0 spiro atoms. The summed E-state index contributed by atoms with van der Waals surface area (Å²) in [6, 6.07) is 4.73. The maximum absolute atomic E-state index is 9.47. The van der Waals surface area contributed by atoms with Crippen molar-refractivity contribution in [2.24, 2.45) is 0 Å². The molecule has 1 aromatic heterocycles. The third-order valence-corrected chi connectivity index (χ3v) is 1.48. The summed E-state index contributed by atoms with van der Waals surface area (Å²) in [5.41, 5.74) is 0.427. The van der Waals surface area contributed by atoms with Crippen molar-refractivity contribution in [3.8, 4) is 5.75 Å². The van der Waals surface area contributed by atoms with E-state index in [0.29, 0.717) is 10.9 Å². The number of aromatic hydroxyl groups is 1. The first kappa shape index (κ1) is 4.34. The van der Waals surface area contributed by atoms with Crippen LogP contribution in [0.3, 0.4) is 0 Å². The molecule has 2 aromatic rings. The highest BCUT2D eigenvalue weighted by molar-refractivity contribution is 5.84. The fourth-order valence-corrected chi connectivity index (χ4v) is 0.962. The van der Waals surface area contributed by atoms with Gasteiger partial charge in [-0.3, -0.25) is 4.98 Å². The lowest BCUT2D eigenvalue weighted by atomic mass is 10.2. The Bertz CT molecular complexity index is 470. The molecule has 0 aliphatic carbocycles. The molecule has 0 radical (unpaired) electrons. The normalized spacial score (nSPS) is 12.7. The number of phenolic OH excluding ortho intramolecular Hbond substituents is 1. The lowest BCUT2D eigenvalue weighted by Gasteiger charge is -1.96. The number of nitrogens with zero attached hydrogens (tertiary/aromatic N) is 1. The monoisotopic (exact) mass is 147 g/mol. The first-order valence-electron chi connectivity index (χ1n) is 4.24. The van der Waals surface area contributed by atoms with E-state index in [1.54, 1.807) is 18.3 Å². The average Bonchev–Trinajstić information content (AvgIpc) is 2.15. The van der Waals surface area contributed by atoms with Crippen LogP contribution in [0.1, 0.15) is 2.74 Å². The summed E-state index contributed by atoms with van der Waals surface area (Å²) in [6.45, 7) is 0. The van der Waals surface area contributed by atoms with Gasteiger partial charge in [0.2, 0.25) is 0 Å². The maximum atomic E-state index is 9.47. The van der Waals surface area contributed by atoms with E-state index in [1.807, 2.05) is 0 Å². The lowest BCUT2D eigenvalue weighted by Crippen LogP contribution is -1.75. The standard InChI is InChI=1S/C9H7NO/c11-9-5-1-4-8-7(9)3-2-6-10-8/h1-6,11H/i4D,5D. The molecular weight excluding hydrogens is 138 g/mol. The first-order valence-corrected chi connectivity index (χ1v) is 3.24. The predicted octanol–water partition coefficient (Wildman–Crippen LogP) is 1.94. The molecule has 0 aliphatic rings. The largest absolute Gasteiger partial charge is 0.507 e. The van der Waals surface area contributed by atoms with Crippen LogP contribution in [0.5, 0.6) is 5.75 Å². The molecule has 54 valence electrons. The van der Waals surface area contributed by atoms with Gasteiger partial charge < -0.3 is 5.11 Å². The number of hydrogen-bond acceptors (Lipinski definition) is 2. The molecule has 11 heavy (non-hydrogen) atoms. The zero-order chi connectivity index (χ0) is 9.42. The molecule has 0 unspecified atom stereocenters. The van der Waals surface area contributed by atoms with Gasteiger partial charge in [-0.15, -0.1) is 0 Å². The predicted molar refractivity (Wildman–Crippen MR) is 43.4 cm³/mol. The molecule has 0 fully saturated rings. The minimum absolute atomic E-state index is 0.0366. The zero-order valence-corrected chi connectivity index (χ0v) is 5.70. The van der Waals surface area contributed by atoms with Gasteiger partial charge in [-0.05, 0) is 24.2 Å². The van der Waals surface area contributed by atoms with Crippen LogP contribution in [0, 0.1) is 0 Å². The van der Waals surface area contributed by atoms with Crippen LogP contribution in [-0.2, 0) is 0 Å². The third kappa shape index (κ3) is 0.923. The summed E-state index contributed by atoms with van der Waals surface area (Å²) in [4.78, 5) is 3.95. The zero-order valence-electron chi connectivity index (χ0n) is 7.70. The van der Waals surface area contributed by atoms with E-state index >= 15 is 0 Å². The van der Waals surface area contributed by atoms with Gasteiger partial charge in [-0.25, -0.2) is 0 Å². The van der Waals surface area contributed by atoms with Crippen molar-refractivity contribution >= 4 is 10.9 Å². The molecule has 2 heteroatoms. The second kappa shape index (κ2) is 2.23. The van der Waals surface area contributed by atoms with Gasteiger partial charge in [-0.1, -0.05) is 6.07 Å². The molecule has 0 aliphatic heterocycles. The van der Waals surface area contributed by atoms with Crippen LogP contribution in [0.2, 0.25) is 0 Å². The van der Waals surface area contributed by atoms with Crippen molar-refractivity contribution < 1.29 is 7.85 Å². The molecule has 2 nitrogen and oxygen atoms in total. The molecule has 1 N–H and O–H groups in total. The lowest BCUT2D eigenvalue weighted by molar-refractivity contribution is 0.481. The second-order valence-corrected chi connectivity index (χ2v) is 2.18. The number of fused-ring (bicyclic) bond motifs is 1. The number of hydrogen-bond donors (Lipinski definition) is 1. The van der Waals surface area contributed by atoms with E-state index in [9.17, 15) is 5.11 Å². The van der Waals surface area contributed by atoms with Gasteiger partial charge in [0.15, 0.2) is 0 Å². The van der Waals surface area contributed by atoms with Crippen molar-refractivity contribution in [3.63, 3.8) is 0 Å². The Kier molecular flexibility index (Phi) is 0.881. The smallest absolute Gasteiger partial charge is 0.124 e. The summed E-state index contributed by atoms with van der Waals surface area (Å²) in [6.07, 6.45) is 1.56. The van der Waals surface area contributed by atoms with E-state index in [-0.39, 0.29) is 17.8 Å². The number of benzene rings is 1. The van der Waals surface area contributed by atoms with E-state index in [2.05, 4.69) is 4.98 Å². The van der Waals surface area contributed by atoms with Gasteiger partial charge in [0, 0.05) is 11.6 Å². The molecule has 0 amide bonds. The Labute approximate surface area is 66.9 Å². The summed E-state index contributed by atoms with van der Waals surface area (Å²) < 4.78 is 14.9. The summed E-state index contributed by atoms with van der Waals surface area (Å²) >= 11 is 0. The van der Waals surface area contributed by atoms with Crippen molar-refractivity contribution in [1.82, 2.24) is 4.98 Å². The Morgan fingerprint density at radius 1 is 1.36 bits per heavy atom.